The second-order valence-corrected chi connectivity index (χ2v) is 6.82. The number of nitrogens with one attached hydrogen (secondary N) is 2. The largest absolute Gasteiger partial charge is 0.349 e. The first kappa shape index (κ1) is 19.6. The van der Waals surface area contributed by atoms with Gasteiger partial charge in [-0.1, -0.05) is 48.5 Å². The van der Waals surface area contributed by atoms with Gasteiger partial charge in [0.2, 0.25) is 5.91 Å². The first-order valence-corrected chi connectivity index (χ1v) is 9.02. The summed E-state index contributed by atoms with van der Waals surface area (Å²) in [6.07, 6.45) is -1.39. The molecule has 1 heterocycles. The first-order valence-electron chi connectivity index (χ1n) is 9.02. The molecule has 0 unspecified atom stereocenters. The maximum Gasteiger partial charge on any atom is 0.256 e. The molecule has 1 aliphatic heterocycles. The zero-order valence-electron chi connectivity index (χ0n) is 15.8. The number of amides is 3. The molecule has 2 aromatic carbocycles. The van der Waals surface area contributed by atoms with Crippen LogP contribution in [0.2, 0.25) is 0 Å². The lowest BCUT2D eigenvalue weighted by Crippen LogP contribution is -2.49. The van der Waals surface area contributed by atoms with Crippen LogP contribution in [0.3, 0.4) is 0 Å². The number of anilines is 1. The Morgan fingerprint density at radius 2 is 1.50 bits per heavy atom. The van der Waals surface area contributed by atoms with Gasteiger partial charge in [0, 0.05) is 26.2 Å². The number of benzene rings is 2. The van der Waals surface area contributed by atoms with Crippen LogP contribution in [0.4, 0.5) is 5.69 Å². The number of likely N-dealkylation sites (N-methyl/N-ethyl adjacent to an activating group) is 1. The first-order chi connectivity index (χ1) is 13.5. The average Bonchev–Trinajstić information content (AvgIpc) is 3.49. The average molecular weight is 381 g/mol. The van der Waals surface area contributed by atoms with Crippen LogP contribution in [0.1, 0.15) is 5.56 Å². The van der Waals surface area contributed by atoms with Crippen LogP contribution in [-0.4, -0.2) is 55.0 Å². The molecule has 1 aliphatic rings. The Morgan fingerprint density at radius 3 is 2.11 bits per heavy atom. The molecule has 0 bridgehead atoms. The van der Waals surface area contributed by atoms with Gasteiger partial charge in [0.15, 0.2) is 12.2 Å². The number of hydrogen-bond acceptors (Lipinski definition) is 4. The third kappa shape index (κ3) is 4.95. The number of rotatable bonds is 7. The summed E-state index contributed by atoms with van der Waals surface area (Å²) in [6, 6.07) is 17.6. The highest BCUT2D eigenvalue weighted by molar-refractivity contribution is 6.02. The van der Waals surface area contributed by atoms with E-state index < -0.39 is 24.2 Å². The third-order valence-corrected chi connectivity index (χ3v) is 4.39. The lowest BCUT2D eigenvalue weighted by atomic mass is 10.0. The summed E-state index contributed by atoms with van der Waals surface area (Å²) in [6.45, 7) is 0. The summed E-state index contributed by atoms with van der Waals surface area (Å²) in [5.41, 5.74) is 1.56. The Labute approximate surface area is 163 Å². The number of nitrogens with zero attached hydrogens (tertiary/aromatic N) is 1. The molecule has 1 fully saturated rings. The predicted octanol–water partition coefficient (Wildman–Crippen LogP) is 1.21. The molecule has 3 atom stereocenters. The molecule has 0 aliphatic carbocycles. The molecular formula is C21H23N3O4. The quantitative estimate of drug-likeness (QED) is 0.706. The van der Waals surface area contributed by atoms with Gasteiger partial charge in [-0.3, -0.25) is 14.4 Å². The van der Waals surface area contributed by atoms with E-state index in [-0.39, 0.29) is 11.8 Å². The monoisotopic (exact) mass is 381 g/mol. The van der Waals surface area contributed by atoms with Gasteiger partial charge in [0.05, 0.1) is 0 Å². The van der Waals surface area contributed by atoms with Gasteiger partial charge >= 0.3 is 0 Å². The zero-order valence-corrected chi connectivity index (χ0v) is 15.8. The Bertz CT molecular complexity index is 839. The van der Waals surface area contributed by atoms with E-state index in [0.29, 0.717) is 12.1 Å². The highest BCUT2D eigenvalue weighted by Gasteiger charge is 2.51. The molecule has 146 valence electrons. The maximum atomic E-state index is 12.5. The minimum Gasteiger partial charge on any atom is -0.349 e. The smallest absolute Gasteiger partial charge is 0.256 e. The van der Waals surface area contributed by atoms with Crippen LogP contribution < -0.4 is 10.6 Å². The summed E-state index contributed by atoms with van der Waals surface area (Å²) in [7, 11) is 3.27. The van der Waals surface area contributed by atoms with E-state index in [9.17, 15) is 14.4 Å². The predicted molar refractivity (Wildman–Crippen MR) is 105 cm³/mol. The highest BCUT2D eigenvalue weighted by atomic mass is 16.6. The second kappa shape index (κ2) is 8.67. The van der Waals surface area contributed by atoms with Crippen LogP contribution >= 0.6 is 0 Å². The normalized spacial score (nSPS) is 18.6. The van der Waals surface area contributed by atoms with E-state index in [4.69, 9.17) is 4.74 Å². The van der Waals surface area contributed by atoms with Gasteiger partial charge in [-0.25, -0.2) is 0 Å². The zero-order chi connectivity index (χ0) is 20.1. The van der Waals surface area contributed by atoms with Gasteiger partial charge in [0.1, 0.15) is 6.04 Å². The molecule has 2 aromatic rings. The van der Waals surface area contributed by atoms with Crippen LogP contribution in [0, 0.1) is 0 Å². The Morgan fingerprint density at radius 1 is 0.929 bits per heavy atom. The number of hydrogen-bond donors (Lipinski definition) is 2. The fourth-order valence-electron chi connectivity index (χ4n) is 2.86. The summed E-state index contributed by atoms with van der Waals surface area (Å²) in [5.74, 6) is -1.07. The Kier molecular flexibility index (Phi) is 6.06. The van der Waals surface area contributed by atoms with Crippen molar-refractivity contribution in [2.24, 2.45) is 0 Å². The van der Waals surface area contributed by atoms with Gasteiger partial charge < -0.3 is 20.3 Å². The summed E-state index contributed by atoms with van der Waals surface area (Å²) >= 11 is 0. The number of ether oxygens (including phenoxy) is 1. The van der Waals surface area contributed by atoms with Gasteiger partial charge in [-0.2, -0.15) is 0 Å². The molecule has 2 N–H and O–H groups in total. The Balaban J connectivity index is 1.59. The molecule has 3 rings (SSSR count). The maximum absolute atomic E-state index is 12.5. The van der Waals surface area contributed by atoms with Crippen LogP contribution in [-0.2, 0) is 25.5 Å². The third-order valence-electron chi connectivity index (χ3n) is 4.39. The molecule has 7 nitrogen and oxygen atoms in total. The van der Waals surface area contributed by atoms with Crippen LogP contribution in [0.5, 0.6) is 0 Å². The van der Waals surface area contributed by atoms with Crippen molar-refractivity contribution in [3.63, 3.8) is 0 Å². The molecule has 0 spiro atoms. The summed E-state index contributed by atoms with van der Waals surface area (Å²) < 4.78 is 5.26. The van der Waals surface area contributed by atoms with Gasteiger partial charge in [0.25, 0.3) is 11.8 Å². The van der Waals surface area contributed by atoms with E-state index in [1.165, 1.54) is 4.90 Å². The number of carbonyl (C=O) groups is 3. The standard InChI is InChI=1S/C21H23N3O4/c1-24(2)21(27)16(13-14-9-5-3-6-10-14)23-20(26)18-17(28-18)19(25)22-15-11-7-4-8-12-15/h3-12,16-18H,13H2,1-2H3,(H,22,25)(H,23,26)/t16-,17-,18-/m0/s1. The molecule has 0 saturated carbocycles. The number of carbonyl (C=O) groups excluding carboxylic acids is 3. The molecule has 1 saturated heterocycles. The van der Waals surface area contributed by atoms with Crippen molar-refractivity contribution in [1.29, 1.82) is 0 Å². The molecule has 0 radical (unpaired) electrons. The topological polar surface area (TPSA) is 91.0 Å². The second-order valence-electron chi connectivity index (χ2n) is 6.82. The lowest BCUT2D eigenvalue weighted by Gasteiger charge is -2.21. The molecule has 3 amide bonds. The van der Waals surface area contributed by atoms with Crippen molar-refractivity contribution in [1.82, 2.24) is 10.2 Å². The number of epoxide rings is 1. The fourth-order valence-corrected chi connectivity index (χ4v) is 2.86. The minimum absolute atomic E-state index is 0.219. The molecule has 7 heteroatoms. The SMILES string of the molecule is CN(C)C(=O)[C@H](Cc1ccccc1)NC(=O)[C@H]1O[C@@H]1C(=O)Nc1ccccc1. The van der Waals surface area contributed by atoms with Gasteiger partial charge in [-0.05, 0) is 17.7 Å². The minimum atomic E-state index is -0.892. The van der Waals surface area contributed by atoms with Crippen LogP contribution in [0.25, 0.3) is 0 Å². The highest BCUT2D eigenvalue weighted by Crippen LogP contribution is 2.24. The van der Waals surface area contributed by atoms with E-state index in [1.54, 1.807) is 38.4 Å². The molecule has 28 heavy (non-hydrogen) atoms. The lowest BCUT2D eigenvalue weighted by molar-refractivity contribution is -0.134. The van der Waals surface area contributed by atoms with E-state index in [1.807, 2.05) is 36.4 Å². The van der Waals surface area contributed by atoms with Crippen LogP contribution in [0.15, 0.2) is 60.7 Å². The van der Waals surface area contributed by atoms with Crippen molar-refractivity contribution in [2.45, 2.75) is 24.7 Å². The van der Waals surface area contributed by atoms with Crippen molar-refractivity contribution < 1.29 is 19.1 Å². The summed E-state index contributed by atoms with van der Waals surface area (Å²) in [4.78, 5) is 38.6. The van der Waals surface area contributed by atoms with Crippen molar-refractivity contribution in [2.75, 3.05) is 19.4 Å². The van der Waals surface area contributed by atoms with Gasteiger partial charge in [-0.15, -0.1) is 0 Å². The van der Waals surface area contributed by atoms with E-state index >= 15 is 0 Å². The summed E-state index contributed by atoms with van der Waals surface area (Å²) in [5, 5.41) is 5.43. The number of para-hydroxylation sites is 1. The molecular weight excluding hydrogens is 358 g/mol. The molecule has 0 aromatic heterocycles. The van der Waals surface area contributed by atoms with Crippen molar-refractivity contribution in [3.8, 4) is 0 Å². The van der Waals surface area contributed by atoms with Crippen molar-refractivity contribution in [3.05, 3.63) is 66.2 Å². The van der Waals surface area contributed by atoms with E-state index in [0.717, 1.165) is 5.56 Å². The van der Waals surface area contributed by atoms with Crippen molar-refractivity contribution >= 4 is 23.4 Å². The Hall–Kier alpha value is -3.19. The van der Waals surface area contributed by atoms with E-state index in [2.05, 4.69) is 10.6 Å². The fraction of sp³-hybridized carbons (Fsp3) is 0.286.